The zero-order valence-electron chi connectivity index (χ0n) is 61.7. The van der Waals surface area contributed by atoms with Crippen molar-refractivity contribution in [1.29, 1.82) is 0 Å². The first-order valence-electron chi connectivity index (χ1n) is 39.6. The molecular formula is C94H110S8. The Hall–Kier alpha value is -5.62. The van der Waals surface area contributed by atoms with Gasteiger partial charge in [-0.15, -0.1) is 90.7 Å². The first-order chi connectivity index (χ1) is 50.4. The van der Waals surface area contributed by atoms with Gasteiger partial charge in [0.05, 0.1) is 0 Å². The lowest BCUT2D eigenvalue weighted by Gasteiger charge is -2.04. The minimum atomic E-state index is 0.991. The van der Waals surface area contributed by atoms with Gasteiger partial charge >= 0.3 is 0 Å². The van der Waals surface area contributed by atoms with E-state index in [2.05, 4.69) is 208 Å². The number of benzene rings is 3. The maximum atomic E-state index is 3.47. The van der Waals surface area contributed by atoms with Gasteiger partial charge in [-0.2, -0.15) is 0 Å². The molecule has 8 heterocycles. The van der Waals surface area contributed by atoms with E-state index in [-0.39, 0.29) is 0 Å². The van der Waals surface area contributed by atoms with E-state index >= 15 is 0 Å². The molecule has 0 unspecified atom stereocenters. The molecule has 0 saturated heterocycles. The largest absolute Gasteiger partial charge is 0.143 e. The zero-order valence-corrected chi connectivity index (χ0v) is 68.3. The number of hydrogen-bond donors (Lipinski definition) is 0. The van der Waals surface area contributed by atoms with Crippen LogP contribution in [-0.4, -0.2) is 0 Å². The van der Waals surface area contributed by atoms with Gasteiger partial charge in [-0.25, -0.2) is 0 Å². The second-order valence-electron chi connectivity index (χ2n) is 28.3. The fraction of sp³-hybridized carbons (Fsp3) is 0.426. The maximum Gasteiger partial charge on any atom is 0.0481 e. The quantitative estimate of drug-likeness (QED) is 0.0264. The maximum absolute atomic E-state index is 3.47. The molecule has 0 aliphatic heterocycles. The molecule has 0 saturated carbocycles. The predicted molar refractivity (Wildman–Crippen MR) is 463 cm³/mol. The van der Waals surface area contributed by atoms with Crippen LogP contribution in [0.25, 0.3) is 79.4 Å². The molecule has 0 amide bonds. The van der Waals surface area contributed by atoms with E-state index in [4.69, 9.17) is 0 Å². The Bertz CT molecular complexity index is 4040. The van der Waals surface area contributed by atoms with Crippen molar-refractivity contribution in [2.75, 3.05) is 0 Å². The van der Waals surface area contributed by atoms with Crippen LogP contribution in [-0.2, 0) is 25.7 Å². The molecule has 11 rings (SSSR count). The lowest BCUT2D eigenvalue weighted by molar-refractivity contribution is 0.576. The van der Waals surface area contributed by atoms with Gasteiger partial charge in [0.1, 0.15) is 0 Å². The van der Waals surface area contributed by atoms with Gasteiger partial charge in [-0.05, 0) is 217 Å². The smallest absolute Gasteiger partial charge is 0.0481 e. The van der Waals surface area contributed by atoms with E-state index in [1.807, 2.05) is 90.7 Å². The van der Waals surface area contributed by atoms with Crippen molar-refractivity contribution in [3.8, 4) is 103 Å². The fourth-order valence-electron chi connectivity index (χ4n) is 14.0. The van der Waals surface area contributed by atoms with Crippen LogP contribution in [0.4, 0.5) is 0 Å². The van der Waals surface area contributed by atoms with Crippen LogP contribution < -0.4 is 0 Å². The Morgan fingerprint density at radius 2 is 0.441 bits per heavy atom. The van der Waals surface area contributed by atoms with Crippen molar-refractivity contribution < 1.29 is 0 Å². The summed E-state index contributed by atoms with van der Waals surface area (Å²) in [7, 11) is 0. The monoisotopic (exact) mass is 1490 g/mol. The van der Waals surface area contributed by atoms with Crippen LogP contribution in [0.1, 0.15) is 278 Å². The SMILES string of the molecule is CCCCCCCCCCc1ccsc1-c1ccc(-c2ccc(-c3sc(-c4ccc(C#Cc5ccc(C#Cc6ccc(-c7cc(CCCCCCCCCC)c(-c8ccc(-c9ccc(-c%10sccc%10CCCCCCCCCC)s9)s8)s7)cc6)cc5)cc4)cc3CCCCCCCCCC)s2)s1. The number of hydrogen-bond acceptors (Lipinski definition) is 8. The summed E-state index contributed by atoms with van der Waals surface area (Å²) < 4.78 is 0. The predicted octanol–water partition coefficient (Wildman–Crippen LogP) is 33.0. The molecule has 102 heavy (non-hydrogen) atoms. The van der Waals surface area contributed by atoms with Crippen LogP contribution >= 0.6 is 90.7 Å². The average Bonchev–Trinajstić information content (AvgIpc) is 1.65. The molecule has 0 aliphatic rings. The molecule has 0 aliphatic carbocycles. The molecule has 0 N–H and O–H groups in total. The van der Waals surface area contributed by atoms with E-state index in [1.165, 1.54) is 320 Å². The number of rotatable bonds is 44. The lowest BCUT2D eigenvalue weighted by atomic mass is 10.0. The van der Waals surface area contributed by atoms with Crippen molar-refractivity contribution >= 4 is 90.7 Å². The van der Waals surface area contributed by atoms with Gasteiger partial charge in [0.25, 0.3) is 0 Å². The average molecular weight is 1500 g/mol. The third-order valence-corrected chi connectivity index (χ3v) is 29.9. The van der Waals surface area contributed by atoms with Crippen LogP contribution in [0.15, 0.2) is 156 Å². The number of aryl methyl sites for hydroxylation is 4. The Morgan fingerprint density at radius 3 is 0.725 bits per heavy atom. The van der Waals surface area contributed by atoms with Crippen LogP contribution in [0.3, 0.4) is 0 Å². The molecule has 11 aromatic rings. The summed E-state index contributed by atoms with van der Waals surface area (Å²) in [6, 6.07) is 55.1. The van der Waals surface area contributed by atoms with Crippen molar-refractivity contribution in [1.82, 2.24) is 0 Å². The minimum absolute atomic E-state index is 0.991. The first kappa shape index (κ1) is 77.5. The van der Waals surface area contributed by atoms with Crippen molar-refractivity contribution in [3.05, 3.63) is 201 Å². The zero-order chi connectivity index (χ0) is 70.2. The van der Waals surface area contributed by atoms with Gasteiger partial charge in [0.2, 0.25) is 0 Å². The van der Waals surface area contributed by atoms with Gasteiger partial charge in [-0.3, -0.25) is 0 Å². The van der Waals surface area contributed by atoms with Crippen LogP contribution in [0.5, 0.6) is 0 Å². The molecule has 0 spiro atoms. The van der Waals surface area contributed by atoms with Gasteiger partial charge in [-0.1, -0.05) is 255 Å². The summed E-state index contributed by atoms with van der Waals surface area (Å²) in [6.45, 7) is 9.23. The summed E-state index contributed by atoms with van der Waals surface area (Å²) >= 11 is 15.7. The second-order valence-corrected chi connectivity index (χ2v) is 36.5. The van der Waals surface area contributed by atoms with Crippen molar-refractivity contribution in [2.24, 2.45) is 0 Å². The summed E-state index contributed by atoms with van der Waals surface area (Å²) in [5.41, 5.74) is 12.6. The van der Waals surface area contributed by atoms with Crippen LogP contribution in [0.2, 0.25) is 0 Å². The molecule has 0 fully saturated rings. The topological polar surface area (TPSA) is 0 Å². The Balaban J connectivity index is 0.710. The molecule has 0 radical (unpaired) electrons. The highest BCUT2D eigenvalue weighted by Crippen LogP contribution is 2.49. The summed E-state index contributed by atoms with van der Waals surface area (Å²) in [4.78, 5) is 19.7. The molecule has 8 aromatic heterocycles. The third-order valence-electron chi connectivity index (χ3n) is 20.0. The Morgan fingerprint density at radius 1 is 0.206 bits per heavy atom. The second kappa shape index (κ2) is 43.1. The minimum Gasteiger partial charge on any atom is -0.143 e. The van der Waals surface area contributed by atoms with E-state index in [1.54, 1.807) is 0 Å². The highest BCUT2D eigenvalue weighted by molar-refractivity contribution is 7.30. The Labute approximate surface area is 647 Å². The molecule has 534 valence electrons. The molecule has 3 aromatic carbocycles. The Kier molecular flexibility index (Phi) is 32.7. The normalized spacial score (nSPS) is 11.4. The van der Waals surface area contributed by atoms with Gasteiger partial charge < -0.3 is 0 Å². The number of thiophene rings is 8. The molecule has 8 heteroatoms. The number of unbranched alkanes of at least 4 members (excludes halogenated alkanes) is 28. The summed E-state index contributed by atoms with van der Waals surface area (Å²) in [6.07, 6.45) is 47.8. The molecular weight excluding hydrogens is 1390 g/mol. The molecule has 0 atom stereocenters. The van der Waals surface area contributed by atoms with E-state index in [0.717, 1.165) is 35.1 Å². The standard InChI is InChI=1S/C94H110S8/c1-5-9-13-17-21-25-29-33-37-77-65-67-95-91(77)85-61-57-81(97-85)83-59-63-87(99-83)93-79(39-35-31-27-23-19-15-11-7-3)69-89(101-93)75-53-49-73(50-54-75)47-45-71-41-43-72(44-42-71)46-48-74-51-55-76(56-52-74)90-70-80(40-36-32-28-24-20-16-12-8-4)94(102-90)88-64-60-84(100-88)82-58-62-86(98-82)92-78(66-68-96-92)38-34-30-26-22-18-14-10-6-2/h41-44,49-70H,5-40H2,1-4H3. The van der Waals surface area contributed by atoms with Crippen molar-refractivity contribution in [2.45, 2.75) is 259 Å². The van der Waals surface area contributed by atoms with E-state index in [0.29, 0.717) is 0 Å². The molecule has 0 bridgehead atoms. The summed E-state index contributed by atoms with van der Waals surface area (Å²) in [5.74, 6) is 13.8. The summed E-state index contributed by atoms with van der Waals surface area (Å²) in [5, 5.41) is 4.61. The molecule has 0 nitrogen and oxygen atoms in total. The fourth-order valence-corrected chi connectivity index (χ4v) is 23.1. The van der Waals surface area contributed by atoms with Gasteiger partial charge in [0, 0.05) is 90.5 Å². The van der Waals surface area contributed by atoms with E-state index in [9.17, 15) is 0 Å². The van der Waals surface area contributed by atoms with Gasteiger partial charge in [0.15, 0.2) is 0 Å². The first-order valence-corrected chi connectivity index (χ1v) is 46.2. The van der Waals surface area contributed by atoms with Crippen molar-refractivity contribution in [3.63, 3.8) is 0 Å². The van der Waals surface area contributed by atoms with E-state index < -0.39 is 0 Å². The lowest BCUT2D eigenvalue weighted by Crippen LogP contribution is -1.86. The highest BCUT2D eigenvalue weighted by atomic mass is 32.1. The van der Waals surface area contributed by atoms with Crippen LogP contribution in [0, 0.1) is 23.7 Å². The highest BCUT2D eigenvalue weighted by Gasteiger charge is 2.20. The third kappa shape index (κ3) is 23.7.